The van der Waals surface area contributed by atoms with Crippen molar-refractivity contribution < 1.29 is 29.3 Å². The third-order valence-electron chi connectivity index (χ3n) is 9.28. The van der Waals surface area contributed by atoms with Crippen LogP contribution in [-0.2, 0) is 20.9 Å². The van der Waals surface area contributed by atoms with Crippen molar-refractivity contribution in [2.45, 2.75) is 76.9 Å². The van der Waals surface area contributed by atoms with Gasteiger partial charge in [-0.05, 0) is 60.4 Å². The number of fused-ring (bicyclic) bond motifs is 3. The molecule has 0 saturated heterocycles. The molecule has 2 amide bonds. The van der Waals surface area contributed by atoms with Gasteiger partial charge in [0.15, 0.2) is 0 Å². The Labute approximate surface area is 269 Å². The summed E-state index contributed by atoms with van der Waals surface area (Å²) in [5.41, 5.74) is 1.87. The van der Waals surface area contributed by atoms with Crippen molar-refractivity contribution in [1.29, 1.82) is 0 Å². The summed E-state index contributed by atoms with van der Waals surface area (Å²) in [5, 5.41) is 24.7. The molecule has 5 rings (SSSR count). The van der Waals surface area contributed by atoms with Gasteiger partial charge in [-0.1, -0.05) is 74.7 Å². The minimum Gasteiger partial charge on any atom is -0.486 e. The number of hydrogen-bond acceptors (Lipinski definition) is 6. The lowest BCUT2D eigenvalue weighted by atomic mass is 9.75. The minimum atomic E-state index is -1.15. The second kappa shape index (κ2) is 14.2. The molecule has 3 N–H and O–H groups in total. The molecule has 0 bridgehead atoms. The molecule has 1 fully saturated rings. The smallest absolute Gasteiger partial charge is 0.249 e. The molecule has 1 aliphatic heterocycles. The van der Waals surface area contributed by atoms with E-state index in [1.165, 1.54) is 0 Å². The van der Waals surface area contributed by atoms with Crippen molar-refractivity contribution in [3.8, 4) is 5.75 Å². The highest BCUT2D eigenvalue weighted by atomic mass is 35.5. The zero-order valence-electron chi connectivity index (χ0n) is 25.4. The molecule has 8 nitrogen and oxygen atoms in total. The number of halogens is 2. The van der Waals surface area contributed by atoms with Gasteiger partial charge in [-0.25, -0.2) is 0 Å². The molecule has 238 valence electrons. The van der Waals surface area contributed by atoms with E-state index in [4.69, 9.17) is 32.7 Å². The molecule has 1 heterocycles. The number of ether oxygens (including phenoxy) is 2. The SMILES string of the molecule is CC1CCC(C(C)C)C(OCC(=O)N(Cc2ccc(Cl)c(Cl)c2)C2C=C(C(=O)NCCO)C3c4ccccc4OC3C2O)C1. The fraction of sp³-hybridized carbons (Fsp3) is 0.529. The molecular formula is C34H42Cl2N2O6. The van der Waals surface area contributed by atoms with E-state index in [0.29, 0.717) is 44.7 Å². The van der Waals surface area contributed by atoms with E-state index < -0.39 is 24.2 Å². The van der Waals surface area contributed by atoms with Crippen LogP contribution in [0.1, 0.15) is 57.1 Å². The average Bonchev–Trinajstić information content (AvgIpc) is 3.40. The van der Waals surface area contributed by atoms with E-state index in [9.17, 15) is 19.8 Å². The molecule has 7 unspecified atom stereocenters. The van der Waals surface area contributed by atoms with E-state index in [1.54, 1.807) is 35.2 Å². The summed E-state index contributed by atoms with van der Waals surface area (Å²) < 4.78 is 12.6. The van der Waals surface area contributed by atoms with Crippen LogP contribution in [0.5, 0.6) is 5.75 Å². The predicted molar refractivity (Wildman–Crippen MR) is 170 cm³/mol. The number of nitrogens with one attached hydrogen (secondary N) is 1. The maximum absolute atomic E-state index is 14.1. The maximum atomic E-state index is 14.1. The van der Waals surface area contributed by atoms with Crippen molar-refractivity contribution in [3.05, 3.63) is 75.3 Å². The molecule has 10 heteroatoms. The lowest BCUT2D eigenvalue weighted by Crippen LogP contribution is -2.56. The lowest BCUT2D eigenvalue weighted by molar-refractivity contribution is -0.148. The largest absolute Gasteiger partial charge is 0.486 e. The zero-order chi connectivity index (χ0) is 31.5. The molecular weight excluding hydrogens is 603 g/mol. The first kappa shape index (κ1) is 32.8. The Morgan fingerprint density at radius 1 is 1.14 bits per heavy atom. The van der Waals surface area contributed by atoms with Crippen molar-refractivity contribution in [2.75, 3.05) is 19.8 Å². The molecule has 2 aliphatic carbocycles. The van der Waals surface area contributed by atoms with Crippen LogP contribution in [0.4, 0.5) is 0 Å². The summed E-state index contributed by atoms with van der Waals surface area (Å²) in [6.45, 7) is 6.38. The number of carbonyl (C=O) groups excluding carboxylic acids is 2. The predicted octanol–water partition coefficient (Wildman–Crippen LogP) is 5.12. The van der Waals surface area contributed by atoms with Crippen LogP contribution in [0.3, 0.4) is 0 Å². The topological polar surface area (TPSA) is 108 Å². The first-order chi connectivity index (χ1) is 21.1. The van der Waals surface area contributed by atoms with Crippen LogP contribution in [0.15, 0.2) is 54.1 Å². The van der Waals surface area contributed by atoms with E-state index in [-0.39, 0.29) is 44.2 Å². The van der Waals surface area contributed by atoms with Crippen LogP contribution >= 0.6 is 23.2 Å². The van der Waals surface area contributed by atoms with Gasteiger partial charge in [0.2, 0.25) is 11.8 Å². The van der Waals surface area contributed by atoms with Gasteiger partial charge in [0.1, 0.15) is 24.6 Å². The maximum Gasteiger partial charge on any atom is 0.249 e. The second-order valence-electron chi connectivity index (χ2n) is 12.6. The van der Waals surface area contributed by atoms with Gasteiger partial charge in [-0.3, -0.25) is 9.59 Å². The molecule has 0 radical (unpaired) electrons. The number of rotatable bonds is 10. The molecule has 1 saturated carbocycles. The van der Waals surface area contributed by atoms with Crippen molar-refractivity contribution in [2.24, 2.45) is 17.8 Å². The summed E-state index contributed by atoms with van der Waals surface area (Å²) in [6.07, 6.45) is 2.77. The molecule has 3 aliphatic rings. The summed E-state index contributed by atoms with van der Waals surface area (Å²) in [7, 11) is 0. The van der Waals surface area contributed by atoms with Crippen molar-refractivity contribution >= 4 is 35.0 Å². The van der Waals surface area contributed by atoms with Crippen LogP contribution in [0.2, 0.25) is 10.0 Å². The molecule has 2 aromatic rings. The van der Waals surface area contributed by atoms with E-state index in [2.05, 4.69) is 26.1 Å². The van der Waals surface area contributed by atoms with Crippen molar-refractivity contribution in [3.63, 3.8) is 0 Å². The first-order valence-electron chi connectivity index (χ1n) is 15.5. The van der Waals surface area contributed by atoms with E-state index >= 15 is 0 Å². The summed E-state index contributed by atoms with van der Waals surface area (Å²) in [6, 6.07) is 11.6. The zero-order valence-corrected chi connectivity index (χ0v) is 26.9. The normalized spacial score (nSPS) is 27.6. The van der Waals surface area contributed by atoms with E-state index in [1.807, 2.05) is 18.2 Å². The summed E-state index contributed by atoms with van der Waals surface area (Å²) >= 11 is 12.5. The van der Waals surface area contributed by atoms with Crippen LogP contribution in [0, 0.1) is 17.8 Å². The standard InChI is InChI=1S/C34H42Cl2N2O6/c1-19(2)22-10-8-20(3)14-29(22)43-18-30(40)38(17-21-9-11-25(35)26(36)15-21)27-16-24(34(42)37-12-13-39)31-23-6-4-5-7-28(23)44-33(31)32(27)41/h4-7,9,11,15-16,19-20,22,27,29,31-33,39,41H,8,10,12-14,17-18H2,1-3H3,(H,37,42). The fourth-order valence-electron chi connectivity index (χ4n) is 6.95. The molecule has 7 atom stereocenters. The fourth-order valence-corrected chi connectivity index (χ4v) is 7.27. The number of para-hydroxylation sites is 1. The Morgan fingerprint density at radius 2 is 1.91 bits per heavy atom. The Kier molecular flexibility index (Phi) is 10.6. The number of aliphatic hydroxyl groups is 2. The van der Waals surface area contributed by atoms with Crippen molar-refractivity contribution in [1.82, 2.24) is 10.2 Å². The quantitative estimate of drug-likeness (QED) is 0.331. The van der Waals surface area contributed by atoms with Gasteiger partial charge >= 0.3 is 0 Å². The van der Waals surface area contributed by atoms with Gasteiger partial charge < -0.3 is 29.9 Å². The molecule has 44 heavy (non-hydrogen) atoms. The average molecular weight is 646 g/mol. The summed E-state index contributed by atoms with van der Waals surface area (Å²) in [4.78, 5) is 29.1. The molecule has 0 aromatic heterocycles. The number of hydrogen-bond donors (Lipinski definition) is 3. The van der Waals surface area contributed by atoms with Gasteiger partial charge in [-0.15, -0.1) is 0 Å². The van der Waals surface area contributed by atoms with E-state index in [0.717, 1.165) is 24.8 Å². The van der Waals surface area contributed by atoms with Crippen LogP contribution in [0.25, 0.3) is 0 Å². The highest BCUT2D eigenvalue weighted by Crippen LogP contribution is 2.47. The first-order valence-corrected chi connectivity index (χ1v) is 16.2. The van der Waals surface area contributed by atoms with Crippen LogP contribution < -0.4 is 10.1 Å². The van der Waals surface area contributed by atoms with Gasteiger partial charge in [0, 0.05) is 24.2 Å². The summed E-state index contributed by atoms with van der Waals surface area (Å²) in [5.74, 6) is 0.636. The third kappa shape index (κ3) is 6.95. The third-order valence-corrected chi connectivity index (χ3v) is 10.0. The number of amides is 2. The number of aliphatic hydroxyl groups excluding tert-OH is 2. The highest BCUT2D eigenvalue weighted by Gasteiger charge is 2.50. The van der Waals surface area contributed by atoms with Gasteiger partial charge in [0.25, 0.3) is 0 Å². The molecule has 0 spiro atoms. The van der Waals surface area contributed by atoms with Gasteiger partial charge in [0.05, 0.1) is 34.7 Å². The van der Waals surface area contributed by atoms with Crippen LogP contribution in [-0.4, -0.2) is 71.0 Å². The second-order valence-corrected chi connectivity index (χ2v) is 13.4. The van der Waals surface area contributed by atoms with Gasteiger partial charge in [-0.2, -0.15) is 0 Å². The Bertz CT molecular complexity index is 1380. The minimum absolute atomic E-state index is 0.0433. The Hall–Kier alpha value is -2.62. The molecule has 2 aromatic carbocycles. The highest BCUT2D eigenvalue weighted by molar-refractivity contribution is 6.42. The number of carbonyl (C=O) groups is 2. The Balaban J connectivity index is 1.49. The monoisotopic (exact) mass is 644 g/mol. The number of nitrogens with zero attached hydrogens (tertiary/aromatic N) is 1. The Morgan fingerprint density at radius 3 is 2.64 bits per heavy atom. The number of benzene rings is 2. The lowest BCUT2D eigenvalue weighted by Gasteiger charge is -2.41.